The monoisotopic (exact) mass is 710 g/mol. The SMILES string of the molecule is C=C1C[C@@]23OC(=O)CC=C[C@@H]4[C@@H](C(=O)OC[C@]2(C)[C@H]3[C@@H]2C=C(CO)C[C@@H]3C(=O)C(C)=C[C@H]3[C@@]12O)[C@@H](c1ccc(OC)c(OC)c1)[C@@H]1[C@@H](C=CCC)[C@H]41. The molecule has 9 nitrogen and oxygen atoms in total. The van der Waals surface area contributed by atoms with Crippen LogP contribution in [0.1, 0.15) is 57.9 Å². The lowest BCUT2D eigenvalue weighted by molar-refractivity contribution is -0.159. The molecule has 6 aliphatic carbocycles. The minimum Gasteiger partial charge on any atom is -0.493 e. The van der Waals surface area contributed by atoms with Gasteiger partial charge < -0.3 is 29.2 Å². The molecule has 1 aliphatic heterocycles. The molecule has 0 bridgehead atoms. The molecule has 8 rings (SSSR count). The molecule has 276 valence electrons. The molecule has 1 aromatic carbocycles. The van der Waals surface area contributed by atoms with Crippen molar-refractivity contribution >= 4 is 17.7 Å². The van der Waals surface area contributed by atoms with Gasteiger partial charge in [-0.05, 0) is 77.9 Å². The summed E-state index contributed by atoms with van der Waals surface area (Å²) in [6.07, 6.45) is 13.5. The Bertz CT molecular complexity index is 1850. The number of esters is 2. The average Bonchev–Trinajstić information content (AvgIpc) is 3.87. The summed E-state index contributed by atoms with van der Waals surface area (Å²) in [5.41, 5.74) is -0.735. The Kier molecular flexibility index (Phi) is 8.31. The van der Waals surface area contributed by atoms with Crippen molar-refractivity contribution in [2.45, 2.75) is 63.6 Å². The van der Waals surface area contributed by atoms with Crippen molar-refractivity contribution in [2.24, 2.45) is 58.7 Å². The number of hydrogen-bond donors (Lipinski definition) is 2. The van der Waals surface area contributed by atoms with E-state index in [1.165, 1.54) is 0 Å². The number of ketones is 1. The van der Waals surface area contributed by atoms with Crippen LogP contribution in [0.15, 0.2) is 78.0 Å². The third kappa shape index (κ3) is 4.76. The number of fused-ring (bicyclic) bond motifs is 8. The maximum absolute atomic E-state index is 14.6. The van der Waals surface area contributed by atoms with Crippen LogP contribution < -0.4 is 9.47 Å². The normalized spacial score (nSPS) is 43.1. The number of cyclic esters (lactones) is 1. The van der Waals surface area contributed by atoms with Crippen LogP contribution in [-0.2, 0) is 23.9 Å². The first-order chi connectivity index (χ1) is 24.9. The lowest BCUT2D eigenvalue weighted by atomic mass is 9.63. The Morgan fingerprint density at radius 1 is 1.06 bits per heavy atom. The molecule has 4 saturated carbocycles. The molecule has 4 fully saturated rings. The Morgan fingerprint density at radius 3 is 2.54 bits per heavy atom. The number of Topliss-reactive ketones (excluding diaryl/α,β-unsaturated/α-hetero) is 1. The number of rotatable bonds is 6. The second-order valence-corrected chi connectivity index (χ2v) is 16.5. The van der Waals surface area contributed by atoms with Crippen LogP contribution >= 0.6 is 0 Å². The van der Waals surface area contributed by atoms with Crippen molar-refractivity contribution in [3.8, 4) is 11.5 Å². The number of aliphatic hydroxyl groups excluding tert-OH is 1. The number of benzene rings is 1. The molecule has 1 heterocycles. The van der Waals surface area contributed by atoms with E-state index >= 15 is 0 Å². The second kappa shape index (κ2) is 12.3. The smallest absolute Gasteiger partial charge is 0.310 e. The Balaban J connectivity index is 1.18. The zero-order valence-corrected chi connectivity index (χ0v) is 30.7. The topological polar surface area (TPSA) is 129 Å². The van der Waals surface area contributed by atoms with Crippen molar-refractivity contribution in [3.63, 3.8) is 0 Å². The summed E-state index contributed by atoms with van der Waals surface area (Å²) in [6, 6.07) is 5.87. The molecule has 1 aromatic rings. The van der Waals surface area contributed by atoms with E-state index in [1.54, 1.807) is 21.1 Å². The highest BCUT2D eigenvalue weighted by Crippen LogP contribution is 2.77. The molecule has 9 heteroatoms. The number of carbonyl (C=O) groups excluding carboxylic acids is 3. The van der Waals surface area contributed by atoms with E-state index in [4.69, 9.17) is 18.9 Å². The molecular weight excluding hydrogens is 660 g/mol. The molecule has 0 unspecified atom stereocenters. The van der Waals surface area contributed by atoms with Gasteiger partial charge in [0, 0.05) is 41.4 Å². The van der Waals surface area contributed by atoms with Gasteiger partial charge in [-0.25, -0.2) is 0 Å². The van der Waals surface area contributed by atoms with Crippen LogP contribution in [0.3, 0.4) is 0 Å². The van der Waals surface area contributed by atoms with E-state index < -0.39 is 46.2 Å². The van der Waals surface area contributed by atoms with E-state index in [9.17, 15) is 24.6 Å². The molecule has 0 saturated heterocycles. The van der Waals surface area contributed by atoms with E-state index in [0.29, 0.717) is 40.6 Å². The molecule has 52 heavy (non-hydrogen) atoms. The van der Waals surface area contributed by atoms with Crippen molar-refractivity contribution in [1.29, 1.82) is 0 Å². The summed E-state index contributed by atoms with van der Waals surface area (Å²) < 4.78 is 24.1. The first kappa shape index (κ1) is 35.1. The fourth-order valence-corrected chi connectivity index (χ4v) is 11.7. The van der Waals surface area contributed by atoms with E-state index in [1.807, 2.05) is 49.4 Å². The molecule has 0 amide bonds. The summed E-state index contributed by atoms with van der Waals surface area (Å²) >= 11 is 0. The number of carbonyl (C=O) groups is 3. The fraction of sp³-hybridized carbons (Fsp3) is 0.558. The maximum atomic E-state index is 14.6. The number of methoxy groups -OCH3 is 2. The second-order valence-electron chi connectivity index (χ2n) is 16.5. The number of ether oxygens (including phenoxy) is 4. The van der Waals surface area contributed by atoms with Crippen molar-refractivity contribution < 1.29 is 43.5 Å². The summed E-state index contributed by atoms with van der Waals surface area (Å²) in [5, 5.41) is 23.2. The molecule has 0 aromatic heterocycles. The Morgan fingerprint density at radius 2 is 1.83 bits per heavy atom. The van der Waals surface area contributed by atoms with Crippen molar-refractivity contribution in [2.75, 3.05) is 27.4 Å². The van der Waals surface area contributed by atoms with E-state index in [0.717, 1.165) is 12.0 Å². The van der Waals surface area contributed by atoms with E-state index in [-0.39, 0.29) is 67.4 Å². The molecule has 13 atom stereocenters. The summed E-state index contributed by atoms with van der Waals surface area (Å²) in [5.74, 6) is -1.71. The minimum atomic E-state index is -1.51. The van der Waals surface area contributed by atoms with Crippen LogP contribution in [0.2, 0.25) is 0 Å². The zero-order valence-electron chi connectivity index (χ0n) is 30.7. The number of allylic oxidation sites excluding steroid dienone is 4. The van der Waals surface area contributed by atoms with Gasteiger partial charge in [0.25, 0.3) is 0 Å². The Labute approximate surface area is 305 Å². The first-order valence-corrected chi connectivity index (χ1v) is 18.8. The van der Waals surface area contributed by atoms with Gasteiger partial charge in [0.05, 0.1) is 38.8 Å². The van der Waals surface area contributed by atoms with E-state index in [2.05, 4.69) is 25.7 Å². The van der Waals surface area contributed by atoms with Gasteiger partial charge in [-0.2, -0.15) is 0 Å². The number of hydrogen-bond acceptors (Lipinski definition) is 9. The fourth-order valence-electron chi connectivity index (χ4n) is 11.7. The number of aliphatic hydroxyl groups is 2. The van der Waals surface area contributed by atoms with Gasteiger partial charge in [0.15, 0.2) is 17.3 Å². The Hall–Kier alpha value is -3.95. The lowest BCUT2D eigenvalue weighted by Gasteiger charge is -2.46. The van der Waals surface area contributed by atoms with Crippen LogP contribution in [0.5, 0.6) is 11.5 Å². The highest BCUT2D eigenvalue weighted by atomic mass is 16.6. The molecule has 0 radical (unpaired) electrons. The van der Waals surface area contributed by atoms with Crippen molar-refractivity contribution in [1.82, 2.24) is 0 Å². The molecule has 1 spiro atoms. The predicted molar refractivity (Wildman–Crippen MR) is 192 cm³/mol. The third-order valence-electron chi connectivity index (χ3n) is 14.1. The molecular formula is C43H50O9. The van der Waals surface area contributed by atoms with Gasteiger partial charge in [-0.1, -0.05) is 62.9 Å². The van der Waals surface area contributed by atoms with Crippen molar-refractivity contribution in [3.05, 3.63) is 83.5 Å². The molecule has 7 aliphatic rings. The predicted octanol–water partition coefficient (Wildman–Crippen LogP) is 5.67. The van der Waals surface area contributed by atoms with Crippen LogP contribution in [0.25, 0.3) is 0 Å². The highest BCUT2D eigenvalue weighted by Gasteiger charge is 2.84. The van der Waals surface area contributed by atoms with Gasteiger partial charge >= 0.3 is 11.9 Å². The maximum Gasteiger partial charge on any atom is 0.310 e. The van der Waals surface area contributed by atoms with Crippen LogP contribution in [0, 0.1) is 58.7 Å². The van der Waals surface area contributed by atoms with Crippen LogP contribution in [-0.4, -0.2) is 66.6 Å². The van der Waals surface area contributed by atoms with Gasteiger partial charge in [-0.15, -0.1) is 0 Å². The lowest BCUT2D eigenvalue weighted by Crippen LogP contribution is -2.53. The quantitative estimate of drug-likeness (QED) is 0.283. The van der Waals surface area contributed by atoms with Gasteiger partial charge in [0.1, 0.15) is 12.2 Å². The van der Waals surface area contributed by atoms with Gasteiger partial charge in [0.2, 0.25) is 0 Å². The summed E-state index contributed by atoms with van der Waals surface area (Å²) in [4.78, 5) is 41.7. The average molecular weight is 711 g/mol. The summed E-state index contributed by atoms with van der Waals surface area (Å²) in [6.45, 7) is 9.94. The first-order valence-electron chi connectivity index (χ1n) is 18.8. The molecule has 2 N–H and O–H groups in total. The zero-order chi connectivity index (χ0) is 36.9. The highest BCUT2D eigenvalue weighted by molar-refractivity contribution is 6.00. The summed E-state index contributed by atoms with van der Waals surface area (Å²) in [7, 11) is 3.21. The minimum absolute atomic E-state index is 0.0199. The standard InChI is InChI=1S/C43H50O9/c1-7-8-10-26-35-27-11-9-12-33(45)52-42-19-23(3)43(48)29-15-22(2)38(46)28(29)16-24(20-44)17-30(43)39(42)41(42,4)21-51-40(47)37(27)34(36(26)35)25-13-14-31(49-5)32(18-25)50-6/h8-11,13-15,17-18,26-30,34-37,39,44,48H,3,7,12,16,19-21H2,1-2,4-6H3/t26-,27-,28-,29+,30-,34-,35+,36-,37+,39+,41+,42-,43-/m0/s1. The van der Waals surface area contributed by atoms with Crippen LogP contribution in [0.4, 0.5) is 0 Å². The third-order valence-corrected chi connectivity index (χ3v) is 14.1. The van der Waals surface area contributed by atoms with Gasteiger partial charge in [-0.3, -0.25) is 14.4 Å². The largest absolute Gasteiger partial charge is 0.493 e.